The SMILES string of the molecule is CCc1ccccc1-c1nc2cc(CN)ccc2n1CC. The molecule has 2 N–H and O–H groups in total. The molecule has 0 atom stereocenters. The second kappa shape index (κ2) is 5.70. The Balaban J connectivity index is 2.26. The van der Waals surface area contributed by atoms with Gasteiger partial charge >= 0.3 is 0 Å². The predicted octanol–water partition coefficient (Wildman–Crippen LogP) is 3.74. The van der Waals surface area contributed by atoms with Gasteiger partial charge in [-0.2, -0.15) is 0 Å². The molecule has 0 saturated heterocycles. The van der Waals surface area contributed by atoms with Gasteiger partial charge in [0.2, 0.25) is 0 Å². The van der Waals surface area contributed by atoms with E-state index in [-0.39, 0.29) is 0 Å². The first-order valence-corrected chi connectivity index (χ1v) is 7.56. The molecular formula is C18H21N3. The second-order valence-electron chi connectivity index (χ2n) is 5.22. The molecule has 0 saturated carbocycles. The molecule has 0 aliphatic heterocycles. The van der Waals surface area contributed by atoms with E-state index in [1.54, 1.807) is 0 Å². The van der Waals surface area contributed by atoms with Crippen LogP contribution in [-0.4, -0.2) is 9.55 Å². The first kappa shape index (κ1) is 13.8. The van der Waals surface area contributed by atoms with Crippen molar-refractivity contribution in [2.75, 3.05) is 0 Å². The van der Waals surface area contributed by atoms with Crippen molar-refractivity contribution < 1.29 is 0 Å². The molecule has 0 fully saturated rings. The van der Waals surface area contributed by atoms with E-state index in [4.69, 9.17) is 10.7 Å². The minimum absolute atomic E-state index is 0.551. The van der Waals surface area contributed by atoms with E-state index in [0.29, 0.717) is 6.54 Å². The Morgan fingerprint density at radius 3 is 2.62 bits per heavy atom. The molecule has 0 aliphatic rings. The van der Waals surface area contributed by atoms with Crippen LogP contribution in [0.15, 0.2) is 42.5 Å². The number of hydrogen-bond donors (Lipinski definition) is 1. The van der Waals surface area contributed by atoms with Crippen LogP contribution < -0.4 is 5.73 Å². The first-order valence-electron chi connectivity index (χ1n) is 7.56. The van der Waals surface area contributed by atoms with Gasteiger partial charge in [-0.1, -0.05) is 37.3 Å². The lowest BCUT2D eigenvalue weighted by molar-refractivity contribution is 0.795. The van der Waals surface area contributed by atoms with Gasteiger partial charge in [-0.15, -0.1) is 0 Å². The van der Waals surface area contributed by atoms with Crippen molar-refractivity contribution in [3.8, 4) is 11.4 Å². The van der Waals surface area contributed by atoms with Gasteiger partial charge in [0.15, 0.2) is 0 Å². The number of nitrogens with zero attached hydrogens (tertiary/aromatic N) is 2. The van der Waals surface area contributed by atoms with Gasteiger partial charge in [0.05, 0.1) is 11.0 Å². The van der Waals surface area contributed by atoms with Crippen LogP contribution in [0, 0.1) is 0 Å². The third kappa shape index (κ3) is 2.34. The summed E-state index contributed by atoms with van der Waals surface area (Å²) in [6, 6.07) is 14.8. The van der Waals surface area contributed by atoms with Crippen molar-refractivity contribution in [2.45, 2.75) is 33.4 Å². The van der Waals surface area contributed by atoms with Gasteiger partial charge in [0, 0.05) is 18.7 Å². The van der Waals surface area contributed by atoms with Crippen LogP contribution in [0.3, 0.4) is 0 Å². The second-order valence-corrected chi connectivity index (χ2v) is 5.22. The minimum atomic E-state index is 0.551. The topological polar surface area (TPSA) is 43.8 Å². The third-order valence-electron chi connectivity index (χ3n) is 4.00. The molecule has 3 rings (SSSR count). The zero-order valence-electron chi connectivity index (χ0n) is 12.6. The first-order chi connectivity index (χ1) is 10.3. The van der Waals surface area contributed by atoms with Crippen LogP contribution in [-0.2, 0) is 19.5 Å². The quantitative estimate of drug-likeness (QED) is 0.790. The summed E-state index contributed by atoms with van der Waals surface area (Å²) < 4.78 is 2.28. The van der Waals surface area contributed by atoms with Gasteiger partial charge in [0.1, 0.15) is 5.82 Å². The molecule has 21 heavy (non-hydrogen) atoms. The maximum absolute atomic E-state index is 5.74. The molecule has 108 valence electrons. The number of rotatable bonds is 4. The van der Waals surface area contributed by atoms with Crippen LogP contribution in [0.1, 0.15) is 25.0 Å². The number of imidazole rings is 1. The molecule has 0 spiro atoms. The lowest BCUT2D eigenvalue weighted by Crippen LogP contribution is -2.00. The van der Waals surface area contributed by atoms with Gasteiger partial charge in [0.25, 0.3) is 0 Å². The highest BCUT2D eigenvalue weighted by molar-refractivity contribution is 5.82. The fourth-order valence-corrected chi connectivity index (χ4v) is 2.87. The van der Waals surface area contributed by atoms with Crippen molar-refractivity contribution in [1.29, 1.82) is 0 Å². The van der Waals surface area contributed by atoms with Gasteiger partial charge in [-0.05, 0) is 36.6 Å². The van der Waals surface area contributed by atoms with Gasteiger partial charge in [-0.3, -0.25) is 0 Å². The van der Waals surface area contributed by atoms with E-state index >= 15 is 0 Å². The number of aromatic nitrogens is 2. The lowest BCUT2D eigenvalue weighted by Gasteiger charge is -2.09. The predicted molar refractivity (Wildman–Crippen MR) is 88.1 cm³/mol. The highest BCUT2D eigenvalue weighted by Crippen LogP contribution is 2.28. The van der Waals surface area contributed by atoms with Gasteiger partial charge in [-0.25, -0.2) is 4.98 Å². The minimum Gasteiger partial charge on any atom is -0.326 e. The summed E-state index contributed by atoms with van der Waals surface area (Å²) in [5, 5.41) is 0. The largest absolute Gasteiger partial charge is 0.326 e. The zero-order valence-corrected chi connectivity index (χ0v) is 12.6. The molecule has 3 nitrogen and oxygen atoms in total. The smallest absolute Gasteiger partial charge is 0.141 e. The highest BCUT2D eigenvalue weighted by Gasteiger charge is 2.13. The van der Waals surface area contributed by atoms with Crippen LogP contribution in [0.4, 0.5) is 0 Å². The van der Waals surface area contributed by atoms with E-state index < -0.39 is 0 Å². The molecule has 3 aromatic rings. The zero-order chi connectivity index (χ0) is 14.8. The molecular weight excluding hydrogens is 258 g/mol. The van der Waals surface area contributed by atoms with Crippen LogP contribution in [0.25, 0.3) is 22.4 Å². The van der Waals surface area contributed by atoms with Crippen molar-refractivity contribution in [1.82, 2.24) is 9.55 Å². The van der Waals surface area contributed by atoms with Crippen molar-refractivity contribution in [3.05, 3.63) is 53.6 Å². The maximum Gasteiger partial charge on any atom is 0.141 e. The molecule has 0 amide bonds. The average molecular weight is 279 g/mol. The summed E-state index contributed by atoms with van der Waals surface area (Å²) in [6.45, 7) is 5.81. The number of hydrogen-bond acceptors (Lipinski definition) is 2. The molecule has 1 heterocycles. The fraction of sp³-hybridized carbons (Fsp3) is 0.278. The van der Waals surface area contributed by atoms with E-state index in [9.17, 15) is 0 Å². The molecule has 1 aromatic heterocycles. The summed E-state index contributed by atoms with van der Waals surface area (Å²) >= 11 is 0. The number of nitrogens with two attached hydrogens (primary N) is 1. The van der Waals surface area contributed by atoms with Crippen LogP contribution in [0.2, 0.25) is 0 Å². The average Bonchev–Trinajstić information content (AvgIpc) is 2.91. The normalized spacial score (nSPS) is 11.2. The molecule has 2 aromatic carbocycles. The van der Waals surface area contributed by atoms with Gasteiger partial charge < -0.3 is 10.3 Å². The maximum atomic E-state index is 5.74. The number of benzene rings is 2. The summed E-state index contributed by atoms with van der Waals surface area (Å²) in [4.78, 5) is 4.88. The summed E-state index contributed by atoms with van der Waals surface area (Å²) in [6.07, 6.45) is 1.01. The Bertz CT molecular complexity index is 771. The van der Waals surface area contributed by atoms with Crippen molar-refractivity contribution in [3.63, 3.8) is 0 Å². The molecule has 3 heteroatoms. The Hall–Kier alpha value is -2.13. The highest BCUT2D eigenvalue weighted by atomic mass is 15.1. The van der Waals surface area contributed by atoms with E-state index in [2.05, 4.69) is 60.9 Å². The fourth-order valence-electron chi connectivity index (χ4n) is 2.87. The monoisotopic (exact) mass is 279 g/mol. The molecule has 0 bridgehead atoms. The van der Waals surface area contributed by atoms with E-state index in [1.807, 2.05) is 0 Å². The van der Waals surface area contributed by atoms with E-state index in [0.717, 1.165) is 29.9 Å². The Morgan fingerprint density at radius 1 is 1.10 bits per heavy atom. The molecule has 0 aliphatic carbocycles. The summed E-state index contributed by atoms with van der Waals surface area (Å²) in [7, 11) is 0. The van der Waals surface area contributed by atoms with Crippen molar-refractivity contribution >= 4 is 11.0 Å². The third-order valence-corrected chi connectivity index (χ3v) is 4.00. The molecule has 0 radical (unpaired) electrons. The standard InChI is InChI=1S/C18H21N3/c1-3-14-7-5-6-8-15(14)18-20-16-11-13(12-19)9-10-17(16)21(18)4-2/h5-11H,3-4,12,19H2,1-2H3. The van der Waals surface area contributed by atoms with Crippen LogP contribution in [0.5, 0.6) is 0 Å². The van der Waals surface area contributed by atoms with E-state index in [1.165, 1.54) is 16.6 Å². The van der Waals surface area contributed by atoms with Crippen LogP contribution >= 0.6 is 0 Å². The molecule has 0 unspecified atom stereocenters. The summed E-state index contributed by atoms with van der Waals surface area (Å²) in [5.74, 6) is 1.05. The Labute approximate surface area is 125 Å². The Kier molecular flexibility index (Phi) is 3.76. The lowest BCUT2D eigenvalue weighted by atomic mass is 10.0. The number of aryl methyl sites for hydroxylation is 2. The number of fused-ring (bicyclic) bond motifs is 1. The Morgan fingerprint density at radius 2 is 1.90 bits per heavy atom. The summed E-state index contributed by atoms with van der Waals surface area (Å²) in [5.41, 5.74) is 11.6. The van der Waals surface area contributed by atoms with Crippen molar-refractivity contribution in [2.24, 2.45) is 5.73 Å².